The molecule has 0 atom stereocenters. The van der Waals surface area contributed by atoms with Gasteiger partial charge in [-0.25, -0.2) is 9.97 Å². The zero-order chi connectivity index (χ0) is 14.9. The Bertz CT molecular complexity index is 604. The van der Waals surface area contributed by atoms with Crippen LogP contribution in [0.25, 0.3) is 11.4 Å². The van der Waals surface area contributed by atoms with Crippen molar-refractivity contribution in [2.45, 2.75) is 39.7 Å². The summed E-state index contributed by atoms with van der Waals surface area (Å²) in [6, 6.07) is 0.334. The third kappa shape index (κ3) is 2.94. The Hall–Kier alpha value is -1.18. The van der Waals surface area contributed by atoms with E-state index in [1.807, 2.05) is 24.1 Å². The molecule has 5 nitrogen and oxygen atoms in total. The van der Waals surface area contributed by atoms with Gasteiger partial charge in [-0.2, -0.15) is 5.10 Å². The lowest BCUT2D eigenvalue weighted by Gasteiger charge is -2.12. The van der Waals surface area contributed by atoms with E-state index in [4.69, 9.17) is 4.98 Å². The van der Waals surface area contributed by atoms with Gasteiger partial charge in [-0.3, -0.25) is 4.68 Å². The number of nitrogens with zero attached hydrogens (tertiary/aromatic N) is 4. The Balaban J connectivity index is 2.53. The monoisotopic (exact) mass is 385 g/mol. The average Bonchev–Trinajstić information content (AvgIpc) is 2.88. The molecule has 0 amide bonds. The Kier molecular flexibility index (Phi) is 4.62. The van der Waals surface area contributed by atoms with E-state index in [0.717, 1.165) is 26.5 Å². The van der Waals surface area contributed by atoms with Crippen molar-refractivity contribution < 1.29 is 0 Å². The van der Waals surface area contributed by atoms with Crippen molar-refractivity contribution in [3.63, 3.8) is 0 Å². The SMILES string of the molecule is CNc1nc(-c2cnn(C(C)C)c2)nc(C(C)C)c1I. The van der Waals surface area contributed by atoms with Crippen molar-refractivity contribution in [3.05, 3.63) is 21.7 Å². The summed E-state index contributed by atoms with van der Waals surface area (Å²) in [7, 11) is 1.88. The molecule has 2 aromatic heterocycles. The van der Waals surface area contributed by atoms with Crippen LogP contribution in [0.3, 0.4) is 0 Å². The van der Waals surface area contributed by atoms with Crippen LogP contribution in [0.1, 0.15) is 45.3 Å². The predicted octanol–water partition coefficient (Wildman–Crippen LogP) is 3.69. The van der Waals surface area contributed by atoms with Crippen LogP contribution in [0.15, 0.2) is 12.4 Å². The highest BCUT2D eigenvalue weighted by Gasteiger charge is 2.16. The molecule has 0 aliphatic rings. The summed E-state index contributed by atoms with van der Waals surface area (Å²) < 4.78 is 3.00. The first kappa shape index (κ1) is 15.2. The highest BCUT2D eigenvalue weighted by Crippen LogP contribution is 2.28. The van der Waals surface area contributed by atoms with Gasteiger partial charge < -0.3 is 5.32 Å². The molecule has 0 radical (unpaired) electrons. The molecule has 0 saturated heterocycles. The molecular formula is C14H20IN5. The zero-order valence-corrected chi connectivity index (χ0v) is 14.6. The van der Waals surface area contributed by atoms with E-state index in [9.17, 15) is 0 Å². The van der Waals surface area contributed by atoms with Gasteiger partial charge in [0.05, 0.1) is 21.0 Å². The smallest absolute Gasteiger partial charge is 0.165 e. The normalized spacial score (nSPS) is 11.4. The summed E-state index contributed by atoms with van der Waals surface area (Å²) in [4.78, 5) is 9.31. The Morgan fingerprint density at radius 2 is 1.90 bits per heavy atom. The number of halogens is 1. The van der Waals surface area contributed by atoms with Gasteiger partial charge in [0, 0.05) is 19.3 Å². The van der Waals surface area contributed by atoms with Gasteiger partial charge in [0.25, 0.3) is 0 Å². The third-order valence-corrected chi connectivity index (χ3v) is 4.11. The van der Waals surface area contributed by atoms with E-state index < -0.39 is 0 Å². The number of aromatic nitrogens is 4. The molecule has 0 fully saturated rings. The summed E-state index contributed by atoms with van der Waals surface area (Å²) in [5.41, 5.74) is 2.02. The standard InChI is InChI=1S/C14H20IN5/c1-8(2)12-11(15)14(16-5)19-13(18-12)10-6-17-20(7-10)9(3)4/h6-9H,1-5H3,(H,16,18,19). The maximum absolute atomic E-state index is 4.71. The first-order valence-corrected chi connectivity index (χ1v) is 7.81. The predicted molar refractivity (Wildman–Crippen MR) is 90.0 cm³/mol. The maximum atomic E-state index is 4.71. The lowest BCUT2D eigenvalue weighted by Crippen LogP contribution is -2.06. The molecule has 0 aliphatic carbocycles. The fourth-order valence-electron chi connectivity index (χ4n) is 1.88. The van der Waals surface area contributed by atoms with Gasteiger partial charge in [0.1, 0.15) is 5.82 Å². The van der Waals surface area contributed by atoms with Gasteiger partial charge in [-0.15, -0.1) is 0 Å². The fourth-order valence-corrected chi connectivity index (χ4v) is 3.01. The summed E-state index contributed by atoms with van der Waals surface area (Å²) in [6.07, 6.45) is 3.82. The maximum Gasteiger partial charge on any atom is 0.165 e. The lowest BCUT2D eigenvalue weighted by molar-refractivity contribution is 0.532. The molecule has 6 heteroatoms. The van der Waals surface area contributed by atoms with Crippen LogP contribution in [-0.4, -0.2) is 26.8 Å². The number of anilines is 1. The van der Waals surface area contributed by atoms with Gasteiger partial charge in [-0.05, 0) is 42.4 Å². The molecule has 0 spiro atoms. The molecule has 20 heavy (non-hydrogen) atoms. The summed E-state index contributed by atoms with van der Waals surface area (Å²) in [6.45, 7) is 8.49. The van der Waals surface area contributed by atoms with Crippen LogP contribution >= 0.6 is 22.6 Å². The molecule has 0 aliphatic heterocycles. The second-order valence-corrected chi connectivity index (χ2v) is 6.38. The number of nitrogens with one attached hydrogen (secondary N) is 1. The van der Waals surface area contributed by atoms with E-state index >= 15 is 0 Å². The van der Waals surface area contributed by atoms with E-state index in [-0.39, 0.29) is 0 Å². The van der Waals surface area contributed by atoms with E-state index in [2.05, 4.69) is 65.7 Å². The number of hydrogen-bond acceptors (Lipinski definition) is 4. The third-order valence-electron chi connectivity index (χ3n) is 3.05. The molecule has 0 aromatic carbocycles. The molecule has 1 N–H and O–H groups in total. The second kappa shape index (κ2) is 6.07. The van der Waals surface area contributed by atoms with Crippen molar-refractivity contribution in [1.82, 2.24) is 19.7 Å². The second-order valence-electron chi connectivity index (χ2n) is 5.30. The topological polar surface area (TPSA) is 55.6 Å². The largest absolute Gasteiger partial charge is 0.372 e. The number of hydrogen-bond donors (Lipinski definition) is 1. The van der Waals surface area contributed by atoms with Crippen molar-refractivity contribution in [2.24, 2.45) is 0 Å². The molecule has 2 heterocycles. The van der Waals surface area contributed by atoms with E-state index in [1.165, 1.54) is 0 Å². The number of rotatable bonds is 4. The van der Waals surface area contributed by atoms with Crippen LogP contribution in [0.4, 0.5) is 5.82 Å². The Morgan fingerprint density at radius 1 is 1.20 bits per heavy atom. The minimum atomic E-state index is 0.334. The minimum absolute atomic E-state index is 0.334. The summed E-state index contributed by atoms with van der Waals surface area (Å²) >= 11 is 2.30. The van der Waals surface area contributed by atoms with Gasteiger partial charge in [-0.1, -0.05) is 13.8 Å². The highest BCUT2D eigenvalue weighted by molar-refractivity contribution is 14.1. The lowest BCUT2D eigenvalue weighted by atomic mass is 10.1. The van der Waals surface area contributed by atoms with E-state index in [0.29, 0.717) is 12.0 Å². The molecule has 2 rings (SSSR count). The van der Waals surface area contributed by atoms with E-state index in [1.54, 1.807) is 0 Å². The Labute approximate surface area is 133 Å². The van der Waals surface area contributed by atoms with Crippen LogP contribution in [-0.2, 0) is 0 Å². The van der Waals surface area contributed by atoms with Crippen molar-refractivity contribution >= 4 is 28.4 Å². The van der Waals surface area contributed by atoms with Gasteiger partial charge >= 0.3 is 0 Å². The van der Waals surface area contributed by atoms with Crippen LogP contribution in [0.2, 0.25) is 0 Å². The molecular weight excluding hydrogens is 365 g/mol. The molecule has 0 unspecified atom stereocenters. The first-order chi connectivity index (χ1) is 9.43. The molecule has 2 aromatic rings. The zero-order valence-electron chi connectivity index (χ0n) is 12.5. The fraction of sp³-hybridized carbons (Fsp3) is 0.500. The summed E-state index contributed by atoms with van der Waals surface area (Å²) in [5.74, 6) is 1.96. The Morgan fingerprint density at radius 3 is 2.40 bits per heavy atom. The summed E-state index contributed by atoms with van der Waals surface area (Å²) in [5, 5.41) is 7.50. The molecule has 0 saturated carbocycles. The first-order valence-electron chi connectivity index (χ1n) is 6.73. The molecule has 108 valence electrons. The van der Waals surface area contributed by atoms with Gasteiger partial charge in [0.15, 0.2) is 5.82 Å². The van der Waals surface area contributed by atoms with Gasteiger partial charge in [0.2, 0.25) is 0 Å². The average molecular weight is 385 g/mol. The molecule has 0 bridgehead atoms. The van der Waals surface area contributed by atoms with Crippen LogP contribution in [0, 0.1) is 3.57 Å². The highest BCUT2D eigenvalue weighted by atomic mass is 127. The van der Waals surface area contributed by atoms with Crippen molar-refractivity contribution in [2.75, 3.05) is 12.4 Å². The van der Waals surface area contributed by atoms with Crippen LogP contribution < -0.4 is 5.32 Å². The van der Waals surface area contributed by atoms with Crippen molar-refractivity contribution in [1.29, 1.82) is 0 Å². The van der Waals surface area contributed by atoms with Crippen molar-refractivity contribution in [3.8, 4) is 11.4 Å². The quantitative estimate of drug-likeness (QED) is 0.816. The minimum Gasteiger partial charge on any atom is -0.372 e. The van der Waals surface area contributed by atoms with Crippen LogP contribution in [0.5, 0.6) is 0 Å².